The Morgan fingerprint density at radius 3 is 2.60 bits per heavy atom. The van der Waals surface area contributed by atoms with Crippen molar-refractivity contribution in [2.24, 2.45) is 0 Å². The molecule has 1 aromatic heterocycles. The van der Waals surface area contributed by atoms with Crippen LogP contribution >= 0.6 is 0 Å². The third-order valence-corrected chi connectivity index (χ3v) is 5.00. The van der Waals surface area contributed by atoms with Crippen molar-refractivity contribution in [1.82, 2.24) is 4.57 Å². The first-order chi connectivity index (χ1) is 12.1. The highest BCUT2D eigenvalue weighted by Gasteiger charge is 2.21. The lowest BCUT2D eigenvalue weighted by molar-refractivity contribution is -0.141. The number of aromatic nitrogens is 1. The maximum absolute atomic E-state index is 12.3. The Hall–Kier alpha value is -2.30. The molecule has 2 aromatic rings. The van der Waals surface area contributed by atoms with E-state index >= 15 is 0 Å². The quantitative estimate of drug-likeness (QED) is 0.769. The minimum Gasteiger partial charge on any atom is -0.468 e. The van der Waals surface area contributed by atoms with Gasteiger partial charge in [-0.25, -0.2) is 4.79 Å². The second-order valence-corrected chi connectivity index (χ2v) is 6.57. The summed E-state index contributed by atoms with van der Waals surface area (Å²) in [7, 11) is 1.35. The number of methoxy groups -OCH3 is 1. The average molecular weight is 343 g/mol. The van der Waals surface area contributed by atoms with Crippen molar-refractivity contribution in [3.05, 3.63) is 35.5 Å². The number of hydrogen-bond acceptors (Lipinski definition) is 4. The molecule has 5 nitrogen and oxygen atoms in total. The zero-order valence-electron chi connectivity index (χ0n) is 14.9. The van der Waals surface area contributed by atoms with E-state index in [1.54, 1.807) is 11.5 Å². The molecule has 0 aliphatic heterocycles. The summed E-state index contributed by atoms with van der Waals surface area (Å²) >= 11 is 0. The van der Waals surface area contributed by atoms with Gasteiger partial charge in [-0.15, -0.1) is 0 Å². The zero-order valence-corrected chi connectivity index (χ0v) is 14.9. The van der Waals surface area contributed by atoms with Crippen LogP contribution in [-0.2, 0) is 20.8 Å². The van der Waals surface area contributed by atoms with Gasteiger partial charge in [-0.3, -0.25) is 4.79 Å². The molecule has 0 radical (unpaired) electrons. The summed E-state index contributed by atoms with van der Waals surface area (Å²) in [6.07, 6.45) is 6.32. The monoisotopic (exact) mass is 343 g/mol. The Kier molecular flexibility index (Phi) is 5.41. The minimum atomic E-state index is -0.415. The molecule has 3 rings (SSSR count). The van der Waals surface area contributed by atoms with Crippen LogP contribution in [0.15, 0.2) is 24.3 Å². The molecular weight excluding hydrogens is 318 g/mol. The van der Waals surface area contributed by atoms with Crippen LogP contribution < -0.4 is 0 Å². The van der Waals surface area contributed by atoms with E-state index in [-0.39, 0.29) is 12.5 Å². The van der Waals surface area contributed by atoms with Gasteiger partial charge < -0.3 is 14.0 Å². The van der Waals surface area contributed by atoms with Crippen molar-refractivity contribution in [2.45, 2.75) is 51.5 Å². The first kappa shape index (κ1) is 17.5. The van der Waals surface area contributed by atoms with E-state index in [4.69, 9.17) is 9.47 Å². The Bertz CT molecular complexity index is 771. The first-order valence-corrected chi connectivity index (χ1v) is 9.01. The molecule has 1 aliphatic rings. The molecule has 0 saturated heterocycles. The van der Waals surface area contributed by atoms with Crippen LogP contribution in [0.25, 0.3) is 10.9 Å². The number of carbonyl (C=O) groups excluding carboxylic acids is 2. The van der Waals surface area contributed by atoms with E-state index in [2.05, 4.69) is 12.1 Å². The van der Waals surface area contributed by atoms with Crippen LogP contribution in [0.4, 0.5) is 0 Å². The van der Waals surface area contributed by atoms with Gasteiger partial charge in [0.25, 0.3) is 0 Å². The Balaban J connectivity index is 2.01. The van der Waals surface area contributed by atoms with E-state index in [0.717, 1.165) is 10.9 Å². The summed E-state index contributed by atoms with van der Waals surface area (Å²) in [5.41, 5.74) is 2.56. The maximum Gasteiger partial charge on any atom is 0.354 e. The summed E-state index contributed by atoms with van der Waals surface area (Å²) in [6.45, 7) is 2.06. The second kappa shape index (κ2) is 7.72. The number of benzene rings is 1. The van der Waals surface area contributed by atoms with Crippen LogP contribution in [0.1, 0.15) is 61.0 Å². The maximum atomic E-state index is 12.3. The highest BCUT2D eigenvalue weighted by Crippen LogP contribution is 2.34. The van der Waals surface area contributed by atoms with E-state index in [0.29, 0.717) is 18.2 Å². The van der Waals surface area contributed by atoms with E-state index in [9.17, 15) is 9.59 Å². The van der Waals surface area contributed by atoms with Gasteiger partial charge in [-0.1, -0.05) is 25.3 Å². The van der Waals surface area contributed by atoms with Gasteiger partial charge in [0.2, 0.25) is 0 Å². The van der Waals surface area contributed by atoms with Crippen molar-refractivity contribution in [2.75, 3.05) is 13.7 Å². The number of esters is 2. The predicted molar refractivity (Wildman–Crippen MR) is 95.7 cm³/mol. The summed E-state index contributed by atoms with van der Waals surface area (Å²) in [5.74, 6) is -0.214. The number of nitrogens with zero attached hydrogens (tertiary/aromatic N) is 1. The molecule has 134 valence electrons. The van der Waals surface area contributed by atoms with Gasteiger partial charge in [0.15, 0.2) is 0 Å². The smallest absolute Gasteiger partial charge is 0.354 e. The summed E-state index contributed by atoms with van der Waals surface area (Å²) < 4.78 is 11.6. The van der Waals surface area contributed by atoms with Gasteiger partial charge in [0.05, 0.1) is 13.7 Å². The molecule has 0 amide bonds. The normalized spacial score (nSPS) is 15.3. The van der Waals surface area contributed by atoms with Gasteiger partial charge in [0, 0.05) is 10.9 Å². The van der Waals surface area contributed by atoms with E-state index in [1.165, 1.54) is 44.8 Å². The molecule has 0 spiro atoms. The zero-order chi connectivity index (χ0) is 17.8. The average Bonchev–Trinajstić information content (AvgIpc) is 3.00. The van der Waals surface area contributed by atoms with E-state index in [1.807, 2.05) is 12.1 Å². The second-order valence-electron chi connectivity index (χ2n) is 6.57. The molecule has 1 aromatic carbocycles. The molecule has 0 unspecified atom stereocenters. The Morgan fingerprint density at radius 1 is 1.16 bits per heavy atom. The molecule has 0 N–H and O–H groups in total. The summed E-state index contributed by atoms with van der Waals surface area (Å²) in [6, 6.07) is 8.11. The molecule has 1 saturated carbocycles. The molecule has 1 aliphatic carbocycles. The van der Waals surface area contributed by atoms with Crippen molar-refractivity contribution in [1.29, 1.82) is 0 Å². The van der Waals surface area contributed by atoms with Gasteiger partial charge >= 0.3 is 11.9 Å². The van der Waals surface area contributed by atoms with E-state index < -0.39 is 5.97 Å². The third kappa shape index (κ3) is 3.70. The molecule has 25 heavy (non-hydrogen) atoms. The van der Waals surface area contributed by atoms with Crippen molar-refractivity contribution in [3.63, 3.8) is 0 Å². The van der Waals surface area contributed by atoms with Crippen LogP contribution in [-0.4, -0.2) is 30.2 Å². The molecule has 0 bridgehead atoms. The fraction of sp³-hybridized carbons (Fsp3) is 0.500. The third-order valence-electron chi connectivity index (χ3n) is 5.00. The molecule has 1 fully saturated rings. The highest BCUT2D eigenvalue weighted by molar-refractivity contribution is 5.96. The number of rotatable bonds is 5. The molecule has 0 atom stereocenters. The predicted octanol–water partition coefficient (Wildman–Crippen LogP) is 4.04. The number of carbonyl (C=O) groups is 2. The topological polar surface area (TPSA) is 57.5 Å². The lowest BCUT2D eigenvalue weighted by atomic mass is 9.84. The van der Waals surface area contributed by atoms with Gasteiger partial charge in [-0.05, 0) is 49.4 Å². The van der Waals surface area contributed by atoms with Crippen molar-refractivity contribution >= 4 is 22.8 Å². The van der Waals surface area contributed by atoms with Crippen LogP contribution in [0.3, 0.4) is 0 Å². The van der Waals surface area contributed by atoms with Crippen LogP contribution in [0, 0.1) is 0 Å². The SMILES string of the molecule is CCOC(=O)c1cc2cc(C3CCCCC3)ccc2n1CC(=O)OC. The number of ether oxygens (including phenoxy) is 2. The standard InChI is InChI=1S/C20H25NO4/c1-3-25-20(23)18-12-16-11-15(14-7-5-4-6-8-14)9-10-17(16)21(18)13-19(22)24-2/h9-12,14H,3-8,13H2,1-2H3. The Labute approximate surface area is 147 Å². The molecule has 5 heteroatoms. The van der Waals surface area contributed by atoms with Gasteiger partial charge in [0.1, 0.15) is 12.2 Å². The van der Waals surface area contributed by atoms with Crippen LogP contribution in [0.2, 0.25) is 0 Å². The van der Waals surface area contributed by atoms with Crippen molar-refractivity contribution < 1.29 is 19.1 Å². The largest absolute Gasteiger partial charge is 0.468 e. The lowest BCUT2D eigenvalue weighted by Crippen LogP contribution is -2.17. The van der Waals surface area contributed by atoms with Gasteiger partial charge in [-0.2, -0.15) is 0 Å². The number of fused-ring (bicyclic) bond motifs is 1. The highest BCUT2D eigenvalue weighted by atomic mass is 16.5. The Morgan fingerprint density at radius 2 is 1.92 bits per heavy atom. The fourth-order valence-electron chi connectivity index (χ4n) is 3.72. The first-order valence-electron chi connectivity index (χ1n) is 9.01. The van der Waals surface area contributed by atoms with Crippen LogP contribution in [0.5, 0.6) is 0 Å². The lowest BCUT2D eigenvalue weighted by Gasteiger charge is -2.22. The molecular formula is C20H25NO4. The number of hydrogen-bond donors (Lipinski definition) is 0. The summed E-state index contributed by atoms with van der Waals surface area (Å²) in [4.78, 5) is 24.1. The summed E-state index contributed by atoms with van der Waals surface area (Å²) in [5, 5.41) is 0.968. The fourth-order valence-corrected chi connectivity index (χ4v) is 3.72. The minimum absolute atomic E-state index is 0.00305. The molecule has 1 heterocycles. The van der Waals surface area contributed by atoms with Crippen molar-refractivity contribution in [3.8, 4) is 0 Å².